The molecule has 3 heteroatoms. The van der Waals surface area contributed by atoms with E-state index in [1.165, 1.54) is 14.5 Å². The average Bonchev–Trinajstić information content (AvgIpc) is 2.54. The first kappa shape index (κ1) is 8.73. The topological polar surface area (TPSA) is 25.2 Å². The van der Waals surface area contributed by atoms with Crippen LogP contribution < -0.4 is 5.32 Å². The van der Waals surface area contributed by atoms with Crippen LogP contribution >= 0.6 is 22.6 Å². The summed E-state index contributed by atoms with van der Waals surface area (Å²) in [6.45, 7) is 1.94. The van der Waals surface area contributed by atoms with Crippen molar-refractivity contribution >= 4 is 33.6 Å². The second kappa shape index (κ2) is 3.24. The Bertz CT molecular complexity index is 489. The smallest absolute Gasteiger partial charge is 0.135 e. The van der Waals surface area contributed by atoms with Crippen LogP contribution in [0.1, 0.15) is 11.3 Å². The number of benzene rings is 1. The van der Waals surface area contributed by atoms with Crippen LogP contribution in [-0.2, 0) is 13.0 Å². The first-order chi connectivity index (χ1) is 6.84. The van der Waals surface area contributed by atoms with Gasteiger partial charge in [0.15, 0.2) is 0 Å². The molecule has 14 heavy (non-hydrogen) atoms. The summed E-state index contributed by atoms with van der Waals surface area (Å²) in [4.78, 5) is 0. The molecule has 1 aromatic carbocycles. The molecule has 2 heterocycles. The van der Waals surface area contributed by atoms with E-state index in [2.05, 4.69) is 46.1 Å². The molecule has 1 aromatic heterocycles. The van der Waals surface area contributed by atoms with Crippen LogP contribution in [0.4, 0.5) is 0 Å². The van der Waals surface area contributed by atoms with Crippen molar-refractivity contribution in [3.8, 4) is 0 Å². The lowest BCUT2D eigenvalue weighted by molar-refractivity contribution is 0.488. The summed E-state index contributed by atoms with van der Waals surface area (Å²) in [5.41, 5.74) is 2.43. The van der Waals surface area contributed by atoms with Gasteiger partial charge in [-0.2, -0.15) is 0 Å². The van der Waals surface area contributed by atoms with Gasteiger partial charge in [-0.05, 0) is 53.8 Å². The highest BCUT2D eigenvalue weighted by molar-refractivity contribution is 14.1. The molecule has 3 rings (SSSR count). The van der Waals surface area contributed by atoms with Crippen LogP contribution in [0.3, 0.4) is 0 Å². The molecule has 0 aliphatic carbocycles. The highest BCUT2D eigenvalue weighted by Crippen LogP contribution is 2.29. The minimum absolute atomic E-state index is 0.876. The molecular formula is C11H10INO. The normalized spacial score (nSPS) is 15.8. The molecule has 1 N–H and O–H groups in total. The predicted molar refractivity (Wildman–Crippen MR) is 64.3 cm³/mol. The van der Waals surface area contributed by atoms with Crippen molar-refractivity contribution in [3.63, 3.8) is 0 Å². The standard InChI is InChI=1S/C11H10INO/c12-7-1-2-8-9-3-4-13-6-11(9)14-10(8)5-7/h1-2,5,13H,3-4,6H2. The number of furan rings is 1. The Hall–Kier alpha value is -0.550. The molecule has 0 amide bonds. The van der Waals surface area contributed by atoms with Gasteiger partial charge >= 0.3 is 0 Å². The summed E-state index contributed by atoms with van der Waals surface area (Å²) in [6, 6.07) is 6.42. The third-order valence-corrected chi connectivity index (χ3v) is 3.35. The second-order valence-corrected chi connectivity index (χ2v) is 4.82. The van der Waals surface area contributed by atoms with E-state index >= 15 is 0 Å². The van der Waals surface area contributed by atoms with Crippen molar-refractivity contribution in [2.75, 3.05) is 6.54 Å². The van der Waals surface area contributed by atoms with E-state index < -0.39 is 0 Å². The van der Waals surface area contributed by atoms with Crippen molar-refractivity contribution < 1.29 is 4.42 Å². The van der Waals surface area contributed by atoms with Crippen molar-refractivity contribution in [1.29, 1.82) is 0 Å². The van der Waals surface area contributed by atoms with Gasteiger partial charge in [-0.25, -0.2) is 0 Å². The molecule has 0 spiro atoms. The van der Waals surface area contributed by atoms with Crippen LogP contribution in [0.2, 0.25) is 0 Å². The van der Waals surface area contributed by atoms with Crippen LogP contribution in [0.5, 0.6) is 0 Å². The van der Waals surface area contributed by atoms with Crippen LogP contribution in [0.25, 0.3) is 11.0 Å². The number of hydrogen-bond acceptors (Lipinski definition) is 2. The maximum Gasteiger partial charge on any atom is 0.135 e. The van der Waals surface area contributed by atoms with Gasteiger partial charge < -0.3 is 9.73 Å². The van der Waals surface area contributed by atoms with E-state index in [-0.39, 0.29) is 0 Å². The summed E-state index contributed by atoms with van der Waals surface area (Å²) in [5.74, 6) is 1.12. The van der Waals surface area contributed by atoms with Gasteiger partial charge in [0.2, 0.25) is 0 Å². The van der Waals surface area contributed by atoms with Crippen LogP contribution in [0, 0.1) is 3.57 Å². The van der Waals surface area contributed by atoms with E-state index in [1.54, 1.807) is 0 Å². The molecular weight excluding hydrogens is 289 g/mol. The number of halogens is 1. The molecule has 72 valence electrons. The van der Waals surface area contributed by atoms with Crippen molar-refractivity contribution in [2.24, 2.45) is 0 Å². The number of fused-ring (bicyclic) bond motifs is 3. The van der Waals surface area contributed by atoms with Crippen LogP contribution in [0.15, 0.2) is 22.6 Å². The second-order valence-electron chi connectivity index (χ2n) is 3.57. The third kappa shape index (κ3) is 1.26. The molecule has 0 bridgehead atoms. The first-order valence-corrected chi connectivity index (χ1v) is 5.83. The highest BCUT2D eigenvalue weighted by Gasteiger charge is 2.16. The molecule has 0 unspecified atom stereocenters. The van der Waals surface area contributed by atoms with E-state index in [4.69, 9.17) is 4.42 Å². The fourth-order valence-corrected chi connectivity index (χ4v) is 2.47. The summed E-state index contributed by atoms with van der Waals surface area (Å²) >= 11 is 2.31. The number of hydrogen-bond donors (Lipinski definition) is 1. The lowest BCUT2D eigenvalue weighted by Crippen LogP contribution is -2.22. The van der Waals surface area contributed by atoms with E-state index in [0.717, 1.165) is 30.9 Å². The monoisotopic (exact) mass is 299 g/mol. The zero-order valence-corrected chi connectivity index (χ0v) is 9.80. The fourth-order valence-electron chi connectivity index (χ4n) is 2.01. The summed E-state index contributed by atoms with van der Waals surface area (Å²) in [7, 11) is 0. The SMILES string of the molecule is Ic1ccc2c3c(oc2c1)CNCC3. The Morgan fingerprint density at radius 1 is 1.36 bits per heavy atom. The maximum atomic E-state index is 5.80. The molecule has 0 fully saturated rings. The quantitative estimate of drug-likeness (QED) is 0.757. The van der Waals surface area contributed by atoms with Gasteiger partial charge in [-0.1, -0.05) is 0 Å². The summed E-state index contributed by atoms with van der Waals surface area (Å²) < 4.78 is 7.03. The first-order valence-electron chi connectivity index (χ1n) is 4.75. The zero-order chi connectivity index (χ0) is 9.54. The number of nitrogens with one attached hydrogen (secondary N) is 1. The molecule has 1 aliphatic rings. The lowest BCUT2D eigenvalue weighted by Gasteiger charge is -2.10. The van der Waals surface area contributed by atoms with Crippen molar-refractivity contribution in [1.82, 2.24) is 5.32 Å². The zero-order valence-electron chi connectivity index (χ0n) is 7.64. The van der Waals surface area contributed by atoms with Gasteiger partial charge in [0.25, 0.3) is 0 Å². The molecule has 1 aliphatic heterocycles. The Balaban J connectivity index is 2.31. The largest absolute Gasteiger partial charge is 0.459 e. The molecule has 0 saturated carbocycles. The molecule has 0 atom stereocenters. The molecule has 2 nitrogen and oxygen atoms in total. The minimum Gasteiger partial charge on any atom is -0.459 e. The van der Waals surface area contributed by atoms with E-state index in [9.17, 15) is 0 Å². The van der Waals surface area contributed by atoms with E-state index in [1.807, 2.05) is 0 Å². The average molecular weight is 299 g/mol. The summed E-state index contributed by atoms with van der Waals surface area (Å²) in [5, 5.41) is 4.61. The van der Waals surface area contributed by atoms with Crippen LogP contribution in [-0.4, -0.2) is 6.54 Å². The predicted octanol–water partition coefficient (Wildman–Crippen LogP) is 2.68. The minimum atomic E-state index is 0.876. The molecule has 0 saturated heterocycles. The Morgan fingerprint density at radius 2 is 2.29 bits per heavy atom. The molecule has 2 aromatic rings. The number of rotatable bonds is 0. The van der Waals surface area contributed by atoms with Gasteiger partial charge in [-0.3, -0.25) is 0 Å². The summed E-state index contributed by atoms with van der Waals surface area (Å²) in [6.07, 6.45) is 1.09. The lowest BCUT2D eigenvalue weighted by atomic mass is 10.1. The maximum absolute atomic E-state index is 5.80. The highest BCUT2D eigenvalue weighted by atomic mass is 127. The third-order valence-electron chi connectivity index (χ3n) is 2.68. The Labute approximate surface area is 95.8 Å². The van der Waals surface area contributed by atoms with E-state index in [0.29, 0.717) is 0 Å². The van der Waals surface area contributed by atoms with Gasteiger partial charge in [0.05, 0.1) is 6.54 Å². The fraction of sp³-hybridized carbons (Fsp3) is 0.273. The van der Waals surface area contributed by atoms with Crippen molar-refractivity contribution in [2.45, 2.75) is 13.0 Å². The molecule has 0 radical (unpaired) electrons. The Kier molecular flexibility index (Phi) is 2.02. The van der Waals surface area contributed by atoms with Gasteiger partial charge in [-0.15, -0.1) is 0 Å². The Morgan fingerprint density at radius 3 is 3.21 bits per heavy atom. The van der Waals surface area contributed by atoms with Crippen molar-refractivity contribution in [3.05, 3.63) is 33.1 Å². The van der Waals surface area contributed by atoms with Gasteiger partial charge in [0, 0.05) is 14.5 Å². The van der Waals surface area contributed by atoms with Gasteiger partial charge in [0.1, 0.15) is 11.3 Å².